The summed E-state index contributed by atoms with van der Waals surface area (Å²) in [5.41, 5.74) is 1.81. The monoisotopic (exact) mass is 421 g/mol. The summed E-state index contributed by atoms with van der Waals surface area (Å²) in [6.07, 6.45) is 1.20. The maximum absolute atomic E-state index is 13.1. The molecule has 1 atom stereocenters. The van der Waals surface area contributed by atoms with Crippen LogP contribution in [0.25, 0.3) is 0 Å². The highest BCUT2D eigenvalue weighted by Gasteiger charge is 2.39. The van der Waals surface area contributed by atoms with E-state index in [2.05, 4.69) is 31.1 Å². The van der Waals surface area contributed by atoms with Crippen molar-refractivity contribution in [1.29, 1.82) is 0 Å². The van der Waals surface area contributed by atoms with Crippen LogP contribution >= 0.6 is 11.3 Å². The summed E-state index contributed by atoms with van der Waals surface area (Å²) in [4.78, 5) is 17.2. The van der Waals surface area contributed by atoms with Gasteiger partial charge in [0.2, 0.25) is 15.9 Å². The Morgan fingerprint density at radius 1 is 1.29 bits per heavy atom. The van der Waals surface area contributed by atoms with E-state index < -0.39 is 16.1 Å². The summed E-state index contributed by atoms with van der Waals surface area (Å²) >= 11 is 1.52. The van der Waals surface area contributed by atoms with E-state index >= 15 is 0 Å². The van der Waals surface area contributed by atoms with Gasteiger partial charge >= 0.3 is 0 Å². The molecule has 2 aromatic rings. The van der Waals surface area contributed by atoms with Gasteiger partial charge in [-0.25, -0.2) is 13.4 Å². The molecule has 1 aliphatic rings. The number of benzene rings is 1. The molecule has 0 bridgehead atoms. The molecule has 1 N–H and O–H groups in total. The molecule has 8 heteroatoms. The first-order valence-electron chi connectivity index (χ1n) is 9.40. The average Bonchev–Trinajstić information content (AvgIpc) is 3.28. The maximum atomic E-state index is 13.1. The highest BCUT2D eigenvalue weighted by molar-refractivity contribution is 7.89. The van der Waals surface area contributed by atoms with Crippen molar-refractivity contribution >= 4 is 27.3 Å². The molecule has 0 spiro atoms. The van der Waals surface area contributed by atoms with Crippen molar-refractivity contribution in [1.82, 2.24) is 14.6 Å². The fourth-order valence-electron chi connectivity index (χ4n) is 3.34. The Bertz CT molecular complexity index is 944. The summed E-state index contributed by atoms with van der Waals surface area (Å²) in [5, 5.41) is 5.67. The topological polar surface area (TPSA) is 79.4 Å². The van der Waals surface area contributed by atoms with E-state index in [4.69, 9.17) is 0 Å². The smallest absolute Gasteiger partial charge is 0.243 e. The molecule has 1 unspecified atom stereocenters. The SMILES string of the molecule is Cc1nc(CNC(=O)C2CCCN2S(=O)(=O)c2ccc(C(C)(C)C)cc2)cs1. The van der Waals surface area contributed by atoms with E-state index in [1.807, 2.05) is 24.4 Å². The van der Waals surface area contributed by atoms with Gasteiger partial charge in [-0.3, -0.25) is 4.79 Å². The molecule has 152 valence electrons. The van der Waals surface area contributed by atoms with E-state index in [0.717, 1.165) is 16.3 Å². The summed E-state index contributed by atoms with van der Waals surface area (Å²) in [7, 11) is -3.72. The summed E-state index contributed by atoms with van der Waals surface area (Å²) in [6, 6.07) is 6.31. The lowest BCUT2D eigenvalue weighted by molar-refractivity contribution is -0.124. The number of hydrogen-bond acceptors (Lipinski definition) is 5. The molecule has 2 heterocycles. The Hall–Kier alpha value is -1.77. The molecule has 28 heavy (non-hydrogen) atoms. The minimum Gasteiger partial charge on any atom is -0.349 e. The standard InChI is InChI=1S/C20H27N3O3S2/c1-14-22-16(13-27-14)12-21-19(24)18-6-5-11-23(18)28(25,26)17-9-7-15(8-10-17)20(2,3)4/h7-10,13,18H,5-6,11-12H2,1-4H3,(H,21,24). The number of hydrogen-bond donors (Lipinski definition) is 1. The molecule has 0 aliphatic carbocycles. The summed E-state index contributed by atoms with van der Waals surface area (Å²) in [5.74, 6) is -0.266. The third-order valence-electron chi connectivity index (χ3n) is 4.94. The van der Waals surface area contributed by atoms with Crippen LogP contribution in [0.1, 0.15) is 49.9 Å². The first-order valence-corrected chi connectivity index (χ1v) is 11.7. The first kappa shape index (κ1) is 21.0. The van der Waals surface area contributed by atoms with Gasteiger partial charge in [0.15, 0.2) is 0 Å². The minimum atomic E-state index is -3.72. The molecule has 6 nitrogen and oxygen atoms in total. The average molecular weight is 422 g/mol. The fraction of sp³-hybridized carbons (Fsp3) is 0.500. The molecule has 0 saturated carbocycles. The number of aryl methyl sites for hydroxylation is 1. The largest absolute Gasteiger partial charge is 0.349 e. The highest BCUT2D eigenvalue weighted by Crippen LogP contribution is 2.28. The highest BCUT2D eigenvalue weighted by atomic mass is 32.2. The Morgan fingerprint density at radius 2 is 1.96 bits per heavy atom. The van der Waals surface area contributed by atoms with Crippen molar-refractivity contribution in [3.05, 3.63) is 45.9 Å². The third-order valence-corrected chi connectivity index (χ3v) is 7.69. The number of rotatable bonds is 5. The van der Waals surface area contributed by atoms with Crippen LogP contribution in [0.4, 0.5) is 0 Å². The molecule has 1 amide bonds. The van der Waals surface area contributed by atoms with Gasteiger partial charge in [0.05, 0.1) is 22.1 Å². The van der Waals surface area contributed by atoms with Crippen LogP contribution in [0, 0.1) is 6.92 Å². The van der Waals surface area contributed by atoms with Crippen LogP contribution in [0.2, 0.25) is 0 Å². The normalized spacial score (nSPS) is 18.4. The van der Waals surface area contributed by atoms with E-state index in [0.29, 0.717) is 25.9 Å². The molecular formula is C20H27N3O3S2. The van der Waals surface area contributed by atoms with Gasteiger partial charge in [0, 0.05) is 11.9 Å². The fourth-order valence-corrected chi connectivity index (χ4v) is 5.61. The van der Waals surface area contributed by atoms with Crippen molar-refractivity contribution in [3.8, 4) is 0 Å². The minimum absolute atomic E-state index is 0.0492. The predicted octanol–water partition coefficient (Wildman–Crippen LogP) is 3.22. The van der Waals surface area contributed by atoms with Crippen LogP contribution in [0.3, 0.4) is 0 Å². The van der Waals surface area contributed by atoms with Gasteiger partial charge in [-0.2, -0.15) is 4.31 Å². The number of thiazole rings is 1. The van der Waals surface area contributed by atoms with Gasteiger partial charge in [-0.05, 0) is 42.9 Å². The van der Waals surface area contributed by atoms with E-state index in [1.165, 1.54) is 15.6 Å². The van der Waals surface area contributed by atoms with Crippen molar-refractivity contribution in [2.45, 2.75) is 63.4 Å². The molecule has 1 fully saturated rings. The van der Waals surface area contributed by atoms with E-state index in [-0.39, 0.29) is 16.2 Å². The first-order chi connectivity index (χ1) is 13.1. The molecule has 0 radical (unpaired) electrons. The van der Waals surface area contributed by atoms with Crippen molar-refractivity contribution in [3.63, 3.8) is 0 Å². The summed E-state index contributed by atoms with van der Waals surface area (Å²) < 4.78 is 27.6. The van der Waals surface area contributed by atoms with Gasteiger partial charge in [0.1, 0.15) is 6.04 Å². The van der Waals surface area contributed by atoms with Gasteiger partial charge in [-0.1, -0.05) is 32.9 Å². The maximum Gasteiger partial charge on any atom is 0.243 e. The lowest BCUT2D eigenvalue weighted by atomic mass is 9.87. The lowest BCUT2D eigenvalue weighted by Gasteiger charge is -2.24. The summed E-state index contributed by atoms with van der Waals surface area (Å²) in [6.45, 7) is 8.83. The zero-order valence-electron chi connectivity index (χ0n) is 16.7. The number of nitrogens with one attached hydrogen (secondary N) is 1. The number of aromatic nitrogens is 1. The molecule has 1 aromatic heterocycles. The van der Waals surface area contributed by atoms with Crippen molar-refractivity contribution in [2.75, 3.05) is 6.54 Å². The Balaban J connectivity index is 1.74. The van der Waals surface area contributed by atoms with Gasteiger partial charge in [0.25, 0.3) is 0 Å². The van der Waals surface area contributed by atoms with Gasteiger partial charge in [-0.15, -0.1) is 11.3 Å². The van der Waals surface area contributed by atoms with Crippen LogP contribution in [-0.2, 0) is 26.8 Å². The Kier molecular flexibility index (Phi) is 5.93. The molecule has 1 aromatic carbocycles. The van der Waals surface area contributed by atoms with Gasteiger partial charge < -0.3 is 5.32 Å². The van der Waals surface area contributed by atoms with Crippen LogP contribution in [-0.4, -0.2) is 36.2 Å². The third kappa shape index (κ3) is 4.45. The zero-order chi connectivity index (χ0) is 20.5. The molecular weight excluding hydrogens is 394 g/mol. The predicted molar refractivity (Wildman–Crippen MR) is 111 cm³/mol. The lowest BCUT2D eigenvalue weighted by Crippen LogP contribution is -2.45. The number of carbonyl (C=O) groups is 1. The van der Waals surface area contributed by atoms with Crippen LogP contribution in [0.15, 0.2) is 34.5 Å². The zero-order valence-corrected chi connectivity index (χ0v) is 18.4. The number of nitrogens with zero attached hydrogens (tertiary/aromatic N) is 2. The number of amides is 1. The van der Waals surface area contributed by atoms with Crippen molar-refractivity contribution < 1.29 is 13.2 Å². The van der Waals surface area contributed by atoms with E-state index in [1.54, 1.807) is 12.1 Å². The van der Waals surface area contributed by atoms with E-state index in [9.17, 15) is 13.2 Å². The Labute approximate surface area is 171 Å². The number of carbonyl (C=O) groups excluding carboxylic acids is 1. The van der Waals surface area contributed by atoms with Crippen molar-refractivity contribution in [2.24, 2.45) is 0 Å². The molecule has 1 saturated heterocycles. The second-order valence-electron chi connectivity index (χ2n) is 8.12. The Morgan fingerprint density at radius 3 is 2.54 bits per heavy atom. The van der Waals surface area contributed by atoms with Crippen LogP contribution < -0.4 is 5.32 Å². The second-order valence-corrected chi connectivity index (χ2v) is 11.1. The van der Waals surface area contributed by atoms with Crippen LogP contribution in [0.5, 0.6) is 0 Å². The quantitative estimate of drug-likeness (QED) is 0.804. The molecule has 1 aliphatic heterocycles. The number of sulfonamides is 1. The molecule has 3 rings (SSSR count). The second kappa shape index (κ2) is 7.93.